The van der Waals surface area contributed by atoms with Crippen molar-refractivity contribution in [1.29, 1.82) is 0 Å². The van der Waals surface area contributed by atoms with Crippen LogP contribution in [0.25, 0.3) is 10.8 Å². The van der Waals surface area contributed by atoms with E-state index < -0.39 is 5.91 Å². The second-order valence-corrected chi connectivity index (χ2v) is 6.90. The van der Waals surface area contributed by atoms with E-state index in [9.17, 15) is 9.59 Å². The number of amides is 1. The van der Waals surface area contributed by atoms with Crippen molar-refractivity contribution in [1.82, 2.24) is 15.2 Å². The van der Waals surface area contributed by atoms with Crippen LogP contribution in [0.3, 0.4) is 0 Å². The van der Waals surface area contributed by atoms with Crippen LogP contribution in [-0.2, 0) is 6.54 Å². The van der Waals surface area contributed by atoms with Crippen molar-refractivity contribution < 1.29 is 4.79 Å². The molecule has 2 aromatic carbocycles. The van der Waals surface area contributed by atoms with E-state index >= 15 is 0 Å². The maximum absolute atomic E-state index is 12.7. The quantitative estimate of drug-likeness (QED) is 0.481. The van der Waals surface area contributed by atoms with Gasteiger partial charge in [0.2, 0.25) is 0 Å². The number of nitrogens with one attached hydrogen (secondary N) is 1. The fourth-order valence-corrected chi connectivity index (χ4v) is 3.05. The maximum atomic E-state index is 12.7. The van der Waals surface area contributed by atoms with E-state index in [2.05, 4.69) is 15.6 Å². The van der Waals surface area contributed by atoms with Crippen LogP contribution in [-0.4, -0.2) is 21.9 Å². The number of hydrogen-bond donors (Lipinski definition) is 1. The third-order valence-corrected chi connectivity index (χ3v) is 4.99. The molecule has 0 saturated carbocycles. The first-order valence-corrected chi connectivity index (χ1v) is 9.55. The van der Waals surface area contributed by atoms with E-state index in [0.29, 0.717) is 32.9 Å². The summed E-state index contributed by atoms with van der Waals surface area (Å²) >= 11 is 12.1. The van der Waals surface area contributed by atoms with Crippen molar-refractivity contribution in [2.24, 2.45) is 5.10 Å². The molecule has 144 valence electrons. The van der Waals surface area contributed by atoms with Crippen molar-refractivity contribution in [3.63, 3.8) is 0 Å². The number of fused-ring (bicyclic) bond motifs is 1. The number of unbranched alkanes of at least 4 members (excludes halogenated alkanes) is 1. The SMILES string of the molecule is CCCCn1nc(C(=O)N/N=C/c2cccc(Cl)c2Cl)c2ccccc2c1=O. The van der Waals surface area contributed by atoms with Crippen molar-refractivity contribution >= 4 is 46.1 Å². The molecule has 0 aliphatic heterocycles. The first-order valence-electron chi connectivity index (χ1n) is 8.80. The minimum absolute atomic E-state index is 0.139. The van der Waals surface area contributed by atoms with E-state index in [1.165, 1.54) is 10.9 Å². The predicted molar refractivity (Wildman–Crippen MR) is 112 cm³/mol. The summed E-state index contributed by atoms with van der Waals surface area (Å²) in [5, 5.41) is 9.88. The van der Waals surface area contributed by atoms with Crippen molar-refractivity contribution in [2.45, 2.75) is 26.3 Å². The molecule has 0 fully saturated rings. The fraction of sp³-hybridized carbons (Fsp3) is 0.200. The lowest BCUT2D eigenvalue weighted by atomic mass is 10.1. The summed E-state index contributed by atoms with van der Waals surface area (Å²) in [7, 11) is 0. The molecule has 0 saturated heterocycles. The number of aryl methyl sites for hydroxylation is 1. The van der Waals surface area contributed by atoms with E-state index in [0.717, 1.165) is 12.8 Å². The molecule has 0 aliphatic rings. The topological polar surface area (TPSA) is 76.3 Å². The van der Waals surface area contributed by atoms with Crippen LogP contribution in [0, 0.1) is 0 Å². The third-order valence-electron chi connectivity index (χ3n) is 4.16. The van der Waals surface area contributed by atoms with Gasteiger partial charge in [-0.15, -0.1) is 0 Å². The molecule has 6 nitrogen and oxygen atoms in total. The number of hydrogen-bond acceptors (Lipinski definition) is 4. The lowest BCUT2D eigenvalue weighted by molar-refractivity contribution is 0.0949. The van der Waals surface area contributed by atoms with Gasteiger partial charge in [-0.2, -0.15) is 10.2 Å². The number of carbonyl (C=O) groups excluding carboxylic acids is 1. The Hall–Kier alpha value is -2.70. The van der Waals surface area contributed by atoms with Gasteiger partial charge in [0.15, 0.2) is 5.69 Å². The zero-order valence-electron chi connectivity index (χ0n) is 15.2. The van der Waals surface area contributed by atoms with Crippen LogP contribution < -0.4 is 11.0 Å². The highest BCUT2D eigenvalue weighted by Gasteiger charge is 2.16. The Balaban J connectivity index is 1.92. The van der Waals surface area contributed by atoms with E-state index in [1.807, 2.05) is 6.92 Å². The summed E-state index contributed by atoms with van der Waals surface area (Å²) in [6, 6.07) is 12.0. The van der Waals surface area contributed by atoms with Gasteiger partial charge in [0.1, 0.15) is 0 Å². The average Bonchev–Trinajstić information content (AvgIpc) is 2.70. The van der Waals surface area contributed by atoms with Crippen molar-refractivity contribution in [3.05, 3.63) is 74.1 Å². The third kappa shape index (κ3) is 4.24. The monoisotopic (exact) mass is 416 g/mol. The van der Waals surface area contributed by atoms with E-state index in [-0.39, 0.29) is 11.3 Å². The van der Waals surface area contributed by atoms with Crippen LogP contribution >= 0.6 is 23.2 Å². The summed E-state index contributed by atoms with van der Waals surface area (Å²) in [6.07, 6.45) is 3.10. The Labute approximate surface area is 171 Å². The molecule has 1 heterocycles. The fourth-order valence-electron chi connectivity index (χ4n) is 2.70. The normalized spacial score (nSPS) is 11.2. The molecule has 0 radical (unpaired) electrons. The molecular formula is C20H18Cl2N4O2. The molecule has 1 amide bonds. The molecule has 28 heavy (non-hydrogen) atoms. The summed E-state index contributed by atoms with van der Waals surface area (Å²) in [5.41, 5.74) is 2.94. The van der Waals surface area contributed by atoms with Crippen LogP contribution in [0.15, 0.2) is 52.4 Å². The van der Waals surface area contributed by atoms with Gasteiger partial charge in [-0.1, -0.05) is 66.9 Å². The molecule has 0 spiro atoms. The average molecular weight is 417 g/mol. The van der Waals surface area contributed by atoms with Crippen LogP contribution in [0.2, 0.25) is 10.0 Å². The van der Waals surface area contributed by atoms with Gasteiger partial charge in [-0.05, 0) is 18.6 Å². The Morgan fingerprint density at radius 3 is 2.68 bits per heavy atom. The van der Waals surface area contributed by atoms with Crippen LogP contribution in [0.5, 0.6) is 0 Å². The lowest BCUT2D eigenvalue weighted by Crippen LogP contribution is -2.29. The van der Waals surface area contributed by atoms with Gasteiger partial charge in [-0.3, -0.25) is 9.59 Å². The van der Waals surface area contributed by atoms with Gasteiger partial charge in [-0.25, -0.2) is 10.1 Å². The molecule has 1 aromatic heterocycles. The first-order chi connectivity index (χ1) is 13.5. The summed E-state index contributed by atoms with van der Waals surface area (Å²) in [5.74, 6) is -0.518. The second-order valence-electron chi connectivity index (χ2n) is 6.12. The number of nitrogens with zero attached hydrogens (tertiary/aromatic N) is 3. The van der Waals surface area contributed by atoms with Gasteiger partial charge < -0.3 is 0 Å². The molecule has 3 rings (SSSR count). The Bertz CT molecular complexity index is 1110. The number of carbonyl (C=O) groups is 1. The molecule has 0 unspecified atom stereocenters. The van der Waals surface area contributed by atoms with Crippen molar-refractivity contribution in [2.75, 3.05) is 0 Å². The highest BCUT2D eigenvalue weighted by Crippen LogP contribution is 2.24. The minimum Gasteiger partial charge on any atom is -0.267 e. The Kier molecular flexibility index (Phi) is 6.44. The number of rotatable bonds is 6. The molecule has 1 N–H and O–H groups in total. The Morgan fingerprint density at radius 2 is 1.93 bits per heavy atom. The minimum atomic E-state index is -0.518. The van der Waals surface area contributed by atoms with Crippen LogP contribution in [0.4, 0.5) is 0 Å². The zero-order chi connectivity index (χ0) is 20.1. The highest BCUT2D eigenvalue weighted by atomic mass is 35.5. The largest absolute Gasteiger partial charge is 0.292 e. The summed E-state index contributed by atoms with van der Waals surface area (Å²) < 4.78 is 1.33. The Morgan fingerprint density at radius 1 is 1.18 bits per heavy atom. The summed E-state index contributed by atoms with van der Waals surface area (Å²) in [4.78, 5) is 25.3. The molecule has 0 aliphatic carbocycles. The number of aromatic nitrogens is 2. The van der Waals surface area contributed by atoms with Crippen LogP contribution in [0.1, 0.15) is 35.8 Å². The predicted octanol–water partition coefficient (Wildman–Crippen LogP) is 4.27. The molecule has 8 heteroatoms. The molecule has 0 atom stereocenters. The van der Waals surface area contributed by atoms with Gasteiger partial charge in [0.05, 0.1) is 21.6 Å². The number of halogens is 2. The zero-order valence-corrected chi connectivity index (χ0v) is 16.7. The lowest BCUT2D eigenvalue weighted by Gasteiger charge is -2.09. The number of benzene rings is 2. The highest BCUT2D eigenvalue weighted by molar-refractivity contribution is 6.43. The standard InChI is InChI=1S/C20H18Cl2N4O2/c1-2-3-11-26-20(28)15-9-5-4-8-14(15)18(25-26)19(27)24-23-12-13-7-6-10-16(21)17(13)22/h4-10,12H,2-3,11H2,1H3,(H,24,27)/b23-12+. The maximum Gasteiger partial charge on any atom is 0.292 e. The van der Waals surface area contributed by atoms with Crippen molar-refractivity contribution in [3.8, 4) is 0 Å². The molecular weight excluding hydrogens is 399 g/mol. The first kappa shape index (κ1) is 20.0. The van der Waals surface area contributed by atoms with Gasteiger partial charge >= 0.3 is 0 Å². The second kappa shape index (κ2) is 8.99. The van der Waals surface area contributed by atoms with E-state index in [4.69, 9.17) is 23.2 Å². The van der Waals surface area contributed by atoms with Gasteiger partial charge in [0, 0.05) is 17.5 Å². The van der Waals surface area contributed by atoms with E-state index in [1.54, 1.807) is 42.5 Å². The molecule has 0 bridgehead atoms. The molecule has 3 aromatic rings. The smallest absolute Gasteiger partial charge is 0.267 e. The number of hydrazone groups is 1. The van der Waals surface area contributed by atoms with Gasteiger partial charge in [0.25, 0.3) is 11.5 Å². The summed E-state index contributed by atoms with van der Waals surface area (Å²) in [6.45, 7) is 2.47.